The number of rotatable bonds is 8. The van der Waals surface area contributed by atoms with Crippen molar-refractivity contribution in [1.82, 2.24) is 20.1 Å². The maximum atomic E-state index is 12.8. The van der Waals surface area contributed by atoms with Crippen molar-refractivity contribution in [3.05, 3.63) is 64.6 Å². The van der Waals surface area contributed by atoms with Gasteiger partial charge in [0.2, 0.25) is 5.91 Å². The zero-order chi connectivity index (χ0) is 17.8. The first-order chi connectivity index (χ1) is 12.8. The Labute approximate surface area is 160 Å². The first-order valence-corrected chi connectivity index (χ1v) is 10.5. The van der Waals surface area contributed by atoms with Gasteiger partial charge in [0.25, 0.3) is 0 Å². The van der Waals surface area contributed by atoms with E-state index in [2.05, 4.69) is 33.0 Å². The molecule has 2 heterocycles. The van der Waals surface area contributed by atoms with Crippen LogP contribution in [0.15, 0.2) is 59.3 Å². The van der Waals surface area contributed by atoms with Gasteiger partial charge in [0.05, 0.1) is 0 Å². The fourth-order valence-corrected chi connectivity index (χ4v) is 4.43. The number of nitrogens with zero attached hydrogens (tertiary/aromatic N) is 3. The summed E-state index contributed by atoms with van der Waals surface area (Å²) in [5.41, 5.74) is 0.989. The number of thioether (sulfide) groups is 1. The van der Waals surface area contributed by atoms with Crippen molar-refractivity contribution in [2.45, 2.75) is 42.3 Å². The topological polar surface area (TPSA) is 59.8 Å². The van der Waals surface area contributed by atoms with E-state index in [0.29, 0.717) is 6.04 Å². The Morgan fingerprint density at radius 1 is 1.27 bits per heavy atom. The minimum Gasteiger partial charge on any atom is -0.352 e. The van der Waals surface area contributed by atoms with E-state index in [1.807, 2.05) is 34.9 Å². The number of amides is 1. The van der Waals surface area contributed by atoms with Crippen LogP contribution in [0.25, 0.3) is 0 Å². The summed E-state index contributed by atoms with van der Waals surface area (Å²) in [7, 11) is 0. The molecule has 0 spiro atoms. The molecule has 1 aliphatic carbocycles. The van der Waals surface area contributed by atoms with E-state index in [4.69, 9.17) is 0 Å². The zero-order valence-corrected chi connectivity index (χ0v) is 15.9. The molecule has 3 aromatic rings. The Morgan fingerprint density at radius 3 is 2.85 bits per heavy atom. The lowest BCUT2D eigenvalue weighted by atomic mass is 10.1. The highest BCUT2D eigenvalue weighted by Gasteiger charge is 2.30. The van der Waals surface area contributed by atoms with Crippen LogP contribution in [0.2, 0.25) is 0 Å². The molecule has 2 aromatic heterocycles. The third kappa shape index (κ3) is 4.34. The summed E-state index contributed by atoms with van der Waals surface area (Å²) in [6, 6.07) is 14.4. The molecule has 134 valence electrons. The van der Waals surface area contributed by atoms with Crippen LogP contribution >= 0.6 is 23.1 Å². The van der Waals surface area contributed by atoms with Crippen molar-refractivity contribution < 1.29 is 4.79 Å². The Bertz CT molecular complexity index is 844. The Morgan fingerprint density at radius 2 is 2.12 bits per heavy atom. The number of aryl methyl sites for hydroxylation is 2. The van der Waals surface area contributed by atoms with E-state index in [0.717, 1.165) is 36.5 Å². The Balaban J connectivity index is 1.50. The number of aromatic nitrogens is 3. The molecule has 4 rings (SSSR count). The second-order valence-electron chi connectivity index (χ2n) is 6.33. The molecule has 1 saturated carbocycles. The van der Waals surface area contributed by atoms with Crippen molar-refractivity contribution in [2.24, 2.45) is 0 Å². The zero-order valence-electron chi connectivity index (χ0n) is 14.2. The van der Waals surface area contributed by atoms with Crippen molar-refractivity contribution in [2.75, 3.05) is 0 Å². The molecule has 1 N–H and O–H groups in total. The third-order valence-electron chi connectivity index (χ3n) is 4.25. The minimum atomic E-state index is -0.318. The van der Waals surface area contributed by atoms with Crippen LogP contribution in [0.4, 0.5) is 0 Å². The van der Waals surface area contributed by atoms with Crippen LogP contribution in [0.1, 0.15) is 28.5 Å². The van der Waals surface area contributed by atoms with Crippen LogP contribution in [0, 0.1) is 0 Å². The van der Waals surface area contributed by atoms with E-state index >= 15 is 0 Å². The van der Waals surface area contributed by atoms with E-state index in [1.54, 1.807) is 17.7 Å². The first kappa shape index (κ1) is 17.3. The summed E-state index contributed by atoms with van der Waals surface area (Å²) in [6.07, 6.45) is 4.84. The monoisotopic (exact) mass is 384 g/mol. The van der Waals surface area contributed by atoms with Crippen LogP contribution < -0.4 is 5.32 Å². The van der Waals surface area contributed by atoms with Gasteiger partial charge in [-0.05, 0) is 36.3 Å². The molecule has 1 aliphatic rings. The maximum Gasteiger partial charge on any atom is 0.238 e. The van der Waals surface area contributed by atoms with Crippen LogP contribution in [-0.2, 0) is 17.8 Å². The molecule has 1 fully saturated rings. The fourth-order valence-electron chi connectivity index (χ4n) is 2.69. The largest absolute Gasteiger partial charge is 0.352 e. The number of thiophene rings is 1. The second kappa shape index (κ2) is 8.05. The number of benzene rings is 1. The predicted octanol–water partition coefficient (Wildman–Crippen LogP) is 3.69. The molecule has 7 heteroatoms. The van der Waals surface area contributed by atoms with Crippen molar-refractivity contribution in [3.8, 4) is 0 Å². The number of nitrogens with one attached hydrogen (secondary N) is 1. The Hall–Kier alpha value is -2.12. The Kier molecular flexibility index (Phi) is 5.36. The first-order valence-electron chi connectivity index (χ1n) is 8.72. The molecule has 1 unspecified atom stereocenters. The lowest BCUT2D eigenvalue weighted by Crippen LogP contribution is -2.30. The molecule has 0 radical (unpaired) electrons. The average molecular weight is 385 g/mol. The van der Waals surface area contributed by atoms with Gasteiger partial charge in [0, 0.05) is 17.5 Å². The van der Waals surface area contributed by atoms with Gasteiger partial charge in [-0.1, -0.05) is 48.2 Å². The predicted molar refractivity (Wildman–Crippen MR) is 104 cm³/mol. The van der Waals surface area contributed by atoms with E-state index in [1.165, 1.54) is 16.6 Å². The van der Waals surface area contributed by atoms with E-state index in [9.17, 15) is 4.79 Å². The summed E-state index contributed by atoms with van der Waals surface area (Å²) in [6.45, 7) is 0.807. The standard InChI is InChI=1S/C19H20N4OS2/c24-18(21-15-8-9-15)17(14-5-2-1-3-6-14)26-19-22-20-13-23(19)11-10-16-7-4-12-25-16/h1-7,12-13,15,17H,8-11H2,(H,21,24). The third-order valence-corrected chi connectivity index (χ3v) is 6.43. The quantitative estimate of drug-likeness (QED) is 0.602. The number of carbonyl (C=O) groups is 1. The number of hydrogen-bond acceptors (Lipinski definition) is 5. The summed E-state index contributed by atoms with van der Waals surface area (Å²) in [5, 5.41) is 14.0. The summed E-state index contributed by atoms with van der Waals surface area (Å²) < 4.78 is 2.03. The van der Waals surface area contributed by atoms with Crippen molar-refractivity contribution in [3.63, 3.8) is 0 Å². The molecule has 1 atom stereocenters. The number of carbonyl (C=O) groups excluding carboxylic acids is 1. The molecule has 1 aromatic carbocycles. The molecular weight excluding hydrogens is 364 g/mol. The van der Waals surface area contributed by atoms with Crippen molar-refractivity contribution in [1.29, 1.82) is 0 Å². The molecule has 0 aliphatic heterocycles. The molecule has 1 amide bonds. The van der Waals surface area contributed by atoms with Gasteiger partial charge in [-0.2, -0.15) is 0 Å². The van der Waals surface area contributed by atoms with Gasteiger partial charge in [0.15, 0.2) is 5.16 Å². The molecular formula is C19H20N4OS2. The summed E-state index contributed by atoms with van der Waals surface area (Å²) >= 11 is 3.23. The normalized spacial score (nSPS) is 14.9. The lowest BCUT2D eigenvalue weighted by molar-refractivity contribution is -0.120. The SMILES string of the molecule is O=C(NC1CC1)C(Sc1nncn1CCc1cccs1)c1ccccc1. The van der Waals surface area contributed by atoms with Gasteiger partial charge in [-0.25, -0.2) is 0 Å². The highest BCUT2D eigenvalue weighted by atomic mass is 32.2. The van der Waals surface area contributed by atoms with Gasteiger partial charge in [-0.3, -0.25) is 4.79 Å². The molecule has 26 heavy (non-hydrogen) atoms. The fraction of sp³-hybridized carbons (Fsp3) is 0.316. The molecule has 5 nitrogen and oxygen atoms in total. The minimum absolute atomic E-state index is 0.0523. The van der Waals surface area contributed by atoms with Crippen molar-refractivity contribution >= 4 is 29.0 Å². The van der Waals surface area contributed by atoms with Gasteiger partial charge in [0.1, 0.15) is 11.6 Å². The number of hydrogen-bond donors (Lipinski definition) is 1. The van der Waals surface area contributed by atoms with Crippen LogP contribution in [-0.4, -0.2) is 26.7 Å². The average Bonchev–Trinajstić information content (AvgIpc) is 3.14. The molecule has 0 saturated heterocycles. The highest BCUT2D eigenvalue weighted by molar-refractivity contribution is 8.00. The van der Waals surface area contributed by atoms with E-state index in [-0.39, 0.29) is 11.2 Å². The van der Waals surface area contributed by atoms with Crippen LogP contribution in [0.3, 0.4) is 0 Å². The lowest BCUT2D eigenvalue weighted by Gasteiger charge is -2.16. The highest BCUT2D eigenvalue weighted by Crippen LogP contribution is 2.35. The summed E-state index contributed by atoms with van der Waals surface area (Å²) in [4.78, 5) is 14.1. The second-order valence-corrected chi connectivity index (χ2v) is 8.43. The van der Waals surface area contributed by atoms with Gasteiger partial charge >= 0.3 is 0 Å². The van der Waals surface area contributed by atoms with Gasteiger partial charge in [-0.15, -0.1) is 21.5 Å². The molecule has 0 bridgehead atoms. The van der Waals surface area contributed by atoms with Crippen LogP contribution in [0.5, 0.6) is 0 Å². The van der Waals surface area contributed by atoms with Gasteiger partial charge < -0.3 is 9.88 Å². The summed E-state index contributed by atoms with van der Waals surface area (Å²) in [5.74, 6) is 0.0523. The maximum absolute atomic E-state index is 12.8. The van der Waals surface area contributed by atoms with E-state index < -0.39 is 0 Å². The smallest absolute Gasteiger partial charge is 0.238 e.